The molecule has 2 fully saturated rings. The number of sulfonamides is 1. The average molecular weight is 555 g/mol. The minimum atomic E-state index is -5.08. The molecule has 3 N–H and O–H groups in total. The highest BCUT2D eigenvalue weighted by Crippen LogP contribution is 2.25. The van der Waals surface area contributed by atoms with Gasteiger partial charge in [0, 0.05) is 45.0 Å². The summed E-state index contributed by atoms with van der Waals surface area (Å²) < 4.78 is 63.0. The molecule has 12 nitrogen and oxygen atoms in total. The summed E-state index contributed by atoms with van der Waals surface area (Å²) in [6.45, 7) is 6.93. The van der Waals surface area contributed by atoms with Crippen molar-refractivity contribution in [1.29, 1.82) is 0 Å². The van der Waals surface area contributed by atoms with Crippen LogP contribution in [0.5, 0.6) is 0 Å². The predicted octanol–water partition coefficient (Wildman–Crippen LogP) is 0.761. The number of aromatic carboxylic acids is 1. The van der Waals surface area contributed by atoms with Gasteiger partial charge in [-0.05, 0) is 25.1 Å². The van der Waals surface area contributed by atoms with Crippen LogP contribution in [0.3, 0.4) is 0 Å². The van der Waals surface area contributed by atoms with Crippen LogP contribution in [0, 0.1) is 0 Å². The second kappa shape index (κ2) is 12.9. The number of halogens is 3. The monoisotopic (exact) mass is 554 g/mol. The van der Waals surface area contributed by atoms with E-state index in [0.717, 1.165) is 0 Å². The van der Waals surface area contributed by atoms with Gasteiger partial charge >= 0.3 is 18.1 Å². The number of benzene rings is 1. The van der Waals surface area contributed by atoms with Crippen molar-refractivity contribution >= 4 is 39.2 Å². The van der Waals surface area contributed by atoms with Gasteiger partial charge in [0.15, 0.2) is 0 Å². The molecule has 37 heavy (non-hydrogen) atoms. The van der Waals surface area contributed by atoms with E-state index in [1.165, 1.54) is 19.1 Å². The van der Waals surface area contributed by atoms with Gasteiger partial charge in [-0.15, -0.1) is 0 Å². The number of nitrogens with zero attached hydrogens (tertiary/aromatic N) is 3. The zero-order chi connectivity index (χ0) is 27.8. The number of carboxylic acid groups (broad SMARTS) is 2. The fourth-order valence-electron chi connectivity index (χ4n) is 3.50. The van der Waals surface area contributed by atoms with Gasteiger partial charge in [0.25, 0.3) is 0 Å². The SMILES string of the molecule is CCS(=O)(=O)Nc1ccc(N2CCN(CC(=O)N3CCOCC3)CC2)cc1C(=O)O.O=C(O)C(F)(F)F. The topological polar surface area (TPSA) is 157 Å². The summed E-state index contributed by atoms with van der Waals surface area (Å²) in [7, 11) is -3.57. The number of piperazine rings is 1. The maximum atomic E-state index is 12.4. The number of hydrogen-bond donors (Lipinski definition) is 3. The van der Waals surface area contributed by atoms with E-state index in [2.05, 4.69) is 9.62 Å². The second-order valence-electron chi connectivity index (χ2n) is 8.10. The van der Waals surface area contributed by atoms with Crippen molar-refractivity contribution in [3.63, 3.8) is 0 Å². The van der Waals surface area contributed by atoms with Gasteiger partial charge in [-0.25, -0.2) is 18.0 Å². The van der Waals surface area contributed by atoms with Gasteiger partial charge in [0.05, 0.1) is 36.8 Å². The van der Waals surface area contributed by atoms with Crippen LogP contribution < -0.4 is 9.62 Å². The maximum absolute atomic E-state index is 12.4. The molecule has 0 spiro atoms. The van der Waals surface area contributed by atoms with Crippen LogP contribution in [0.25, 0.3) is 0 Å². The molecule has 2 aliphatic rings. The first-order chi connectivity index (χ1) is 17.2. The molecular formula is C21H29F3N4O8S. The first-order valence-corrected chi connectivity index (χ1v) is 12.9. The number of amides is 1. The number of anilines is 2. The lowest BCUT2D eigenvalue weighted by Gasteiger charge is -2.37. The molecule has 0 bridgehead atoms. The third kappa shape index (κ3) is 9.36. The number of carbonyl (C=O) groups is 3. The summed E-state index contributed by atoms with van der Waals surface area (Å²) in [5, 5.41) is 16.6. The van der Waals surface area contributed by atoms with Crippen LogP contribution in [0.1, 0.15) is 17.3 Å². The summed E-state index contributed by atoms with van der Waals surface area (Å²) in [5.41, 5.74) is 0.684. The van der Waals surface area contributed by atoms with Crippen molar-refractivity contribution in [3.8, 4) is 0 Å². The number of nitrogens with one attached hydrogen (secondary N) is 1. The molecule has 16 heteroatoms. The number of alkyl halides is 3. The Morgan fingerprint density at radius 3 is 2.08 bits per heavy atom. The van der Waals surface area contributed by atoms with Crippen LogP contribution in [0.4, 0.5) is 24.5 Å². The summed E-state index contributed by atoms with van der Waals surface area (Å²) in [4.78, 5) is 38.9. The molecule has 208 valence electrons. The Bertz CT molecular complexity index is 1070. The highest BCUT2D eigenvalue weighted by Gasteiger charge is 2.38. The van der Waals surface area contributed by atoms with E-state index in [-0.39, 0.29) is 22.9 Å². The van der Waals surface area contributed by atoms with Crippen LogP contribution in [0.15, 0.2) is 18.2 Å². The number of morpholine rings is 1. The second-order valence-corrected chi connectivity index (χ2v) is 10.1. The van der Waals surface area contributed by atoms with E-state index in [0.29, 0.717) is 64.7 Å². The van der Waals surface area contributed by atoms with Crippen molar-refractivity contribution in [2.24, 2.45) is 0 Å². The standard InChI is InChI=1S/C19H28N4O6S.C2HF3O2/c1-2-30(27,28)20-17-4-3-15(13-16(17)19(25)26)22-7-5-21(6-8-22)14-18(24)23-9-11-29-12-10-23;3-2(4,5)1(6)7/h3-4,13,20H,2,5-12,14H2,1H3,(H,25,26);(H,6,7). The van der Waals surface area contributed by atoms with Gasteiger partial charge in [-0.2, -0.15) is 13.2 Å². The largest absolute Gasteiger partial charge is 0.490 e. The molecule has 0 unspecified atom stereocenters. The third-order valence-corrected chi connectivity index (χ3v) is 6.87. The average Bonchev–Trinajstić information content (AvgIpc) is 2.85. The number of carbonyl (C=O) groups excluding carboxylic acids is 1. The smallest absolute Gasteiger partial charge is 0.478 e. The molecule has 2 heterocycles. The summed E-state index contributed by atoms with van der Waals surface area (Å²) in [5.74, 6) is -3.99. The lowest BCUT2D eigenvalue weighted by molar-refractivity contribution is -0.192. The normalized spacial score (nSPS) is 17.0. The Morgan fingerprint density at radius 1 is 1.03 bits per heavy atom. The maximum Gasteiger partial charge on any atom is 0.490 e. The highest BCUT2D eigenvalue weighted by atomic mass is 32.2. The van der Waals surface area contributed by atoms with E-state index in [1.807, 2.05) is 9.80 Å². The van der Waals surface area contributed by atoms with Gasteiger partial charge in [-0.3, -0.25) is 14.4 Å². The van der Waals surface area contributed by atoms with Gasteiger partial charge < -0.3 is 24.7 Å². The molecule has 2 saturated heterocycles. The lowest BCUT2D eigenvalue weighted by Crippen LogP contribution is -2.51. The van der Waals surface area contributed by atoms with Crippen molar-refractivity contribution < 1.29 is 50.9 Å². The van der Waals surface area contributed by atoms with Crippen LogP contribution in [-0.4, -0.2) is 117 Å². The summed E-state index contributed by atoms with van der Waals surface area (Å²) in [6, 6.07) is 4.69. The van der Waals surface area contributed by atoms with Crippen LogP contribution in [-0.2, 0) is 24.3 Å². The number of rotatable bonds is 7. The number of ether oxygens (including phenoxy) is 1. The van der Waals surface area contributed by atoms with Crippen LogP contribution in [0.2, 0.25) is 0 Å². The Labute approximate surface area is 211 Å². The Balaban J connectivity index is 0.000000604. The van der Waals surface area contributed by atoms with Gasteiger partial charge in [-0.1, -0.05) is 0 Å². The first kappa shape index (κ1) is 30.1. The zero-order valence-electron chi connectivity index (χ0n) is 20.0. The Hall–Kier alpha value is -3.11. The van der Waals surface area contributed by atoms with Gasteiger partial charge in [0.2, 0.25) is 15.9 Å². The van der Waals surface area contributed by atoms with Crippen molar-refractivity contribution in [2.75, 3.05) is 74.4 Å². The quantitative estimate of drug-likeness (QED) is 0.440. The fraction of sp³-hybridized carbons (Fsp3) is 0.571. The molecule has 1 aromatic carbocycles. The van der Waals surface area contributed by atoms with E-state index in [1.54, 1.807) is 6.07 Å². The molecule has 1 aromatic rings. The van der Waals surface area contributed by atoms with E-state index in [4.69, 9.17) is 14.6 Å². The van der Waals surface area contributed by atoms with Crippen molar-refractivity contribution in [3.05, 3.63) is 23.8 Å². The van der Waals surface area contributed by atoms with E-state index in [9.17, 15) is 36.3 Å². The van der Waals surface area contributed by atoms with E-state index >= 15 is 0 Å². The fourth-order valence-corrected chi connectivity index (χ4v) is 4.16. The minimum absolute atomic E-state index is 0.0582. The molecule has 2 aliphatic heterocycles. The molecule has 0 aromatic heterocycles. The van der Waals surface area contributed by atoms with Crippen LogP contribution >= 0.6 is 0 Å². The van der Waals surface area contributed by atoms with Gasteiger partial charge in [0.1, 0.15) is 0 Å². The molecular weight excluding hydrogens is 525 g/mol. The van der Waals surface area contributed by atoms with Crippen molar-refractivity contribution in [2.45, 2.75) is 13.1 Å². The Kier molecular flexibility index (Phi) is 10.5. The minimum Gasteiger partial charge on any atom is -0.478 e. The molecule has 3 rings (SSSR count). The Morgan fingerprint density at radius 2 is 1.59 bits per heavy atom. The third-order valence-electron chi connectivity index (χ3n) is 5.58. The number of carboxylic acids is 2. The zero-order valence-corrected chi connectivity index (χ0v) is 20.8. The highest BCUT2D eigenvalue weighted by molar-refractivity contribution is 7.92. The number of aliphatic carboxylic acids is 1. The predicted molar refractivity (Wildman–Crippen MR) is 126 cm³/mol. The summed E-state index contributed by atoms with van der Waals surface area (Å²) in [6.07, 6.45) is -5.08. The molecule has 1 amide bonds. The molecule has 0 atom stereocenters. The summed E-state index contributed by atoms with van der Waals surface area (Å²) >= 11 is 0. The first-order valence-electron chi connectivity index (χ1n) is 11.2. The van der Waals surface area contributed by atoms with Crippen molar-refractivity contribution in [1.82, 2.24) is 9.80 Å². The lowest BCUT2D eigenvalue weighted by atomic mass is 10.1. The molecule has 0 saturated carbocycles. The number of hydrogen-bond acceptors (Lipinski definition) is 8. The molecule has 0 radical (unpaired) electrons. The van der Waals surface area contributed by atoms with E-state index < -0.39 is 28.1 Å². The molecule has 0 aliphatic carbocycles.